The van der Waals surface area contributed by atoms with E-state index in [2.05, 4.69) is 60.7 Å². The molecule has 0 fully saturated rings. The molecule has 130 valence electrons. The van der Waals surface area contributed by atoms with Crippen LogP contribution in [0, 0.1) is 5.82 Å². The van der Waals surface area contributed by atoms with Gasteiger partial charge in [0.2, 0.25) is 0 Å². The summed E-state index contributed by atoms with van der Waals surface area (Å²) in [4.78, 5) is 0. The fraction of sp³-hybridized carbons (Fsp3) is 0.0400. The molecular weight excluding hydrogens is 335 g/mol. The number of benzene rings is 4. The quantitative estimate of drug-likeness (QED) is 0.368. The largest absolute Gasteiger partial charge is 0.457 e. The molecule has 0 aromatic heterocycles. The zero-order valence-corrected chi connectivity index (χ0v) is 14.6. The van der Waals surface area contributed by atoms with Gasteiger partial charge in [-0.25, -0.2) is 4.39 Å². The lowest BCUT2D eigenvalue weighted by Crippen LogP contribution is -2.37. The maximum atomic E-state index is 13.2. The lowest BCUT2D eigenvalue weighted by Gasteiger charge is -2.44. The van der Waals surface area contributed by atoms with Gasteiger partial charge in [0.05, 0.1) is 5.41 Å². The molecule has 0 aliphatic heterocycles. The molecule has 0 spiro atoms. The molecule has 27 heavy (non-hydrogen) atoms. The second-order valence-electron chi connectivity index (χ2n) is 6.75. The average Bonchev–Trinajstić information content (AvgIpc) is 2.72. The van der Waals surface area contributed by atoms with Gasteiger partial charge in [0.1, 0.15) is 17.3 Å². The summed E-state index contributed by atoms with van der Waals surface area (Å²) in [6.45, 7) is 0. The Morgan fingerprint density at radius 1 is 0.593 bits per heavy atom. The third-order valence-corrected chi connectivity index (χ3v) is 5.27. The maximum absolute atomic E-state index is 13.2. The smallest absolute Gasteiger partial charge is 0.132 e. The second-order valence-corrected chi connectivity index (χ2v) is 6.75. The van der Waals surface area contributed by atoms with Gasteiger partial charge in [-0.15, -0.1) is 0 Å². The van der Waals surface area contributed by atoms with E-state index in [1.54, 1.807) is 12.1 Å². The molecule has 1 nitrogen and oxygen atoms in total. The summed E-state index contributed by atoms with van der Waals surface area (Å²) in [5.41, 5.74) is 4.48. The second kappa shape index (κ2) is 6.10. The summed E-state index contributed by atoms with van der Waals surface area (Å²) in [5.74, 6) is 1.15. The van der Waals surface area contributed by atoms with Gasteiger partial charge in [0.15, 0.2) is 0 Å². The molecule has 2 aliphatic rings. The van der Waals surface area contributed by atoms with E-state index in [4.69, 9.17) is 4.74 Å². The highest BCUT2D eigenvalue weighted by molar-refractivity contribution is 5.71. The molecule has 2 aliphatic carbocycles. The normalized spacial score (nSPS) is 13.7. The highest BCUT2D eigenvalue weighted by Crippen LogP contribution is 2.55. The van der Waals surface area contributed by atoms with Gasteiger partial charge in [-0.3, -0.25) is 0 Å². The van der Waals surface area contributed by atoms with Crippen molar-refractivity contribution in [2.75, 3.05) is 0 Å². The lowest BCUT2D eigenvalue weighted by molar-refractivity contribution is 0.459. The molecule has 0 amide bonds. The van der Waals surface area contributed by atoms with E-state index in [0.717, 1.165) is 11.3 Å². The van der Waals surface area contributed by atoms with Gasteiger partial charge in [0, 0.05) is 5.56 Å². The van der Waals surface area contributed by atoms with Crippen LogP contribution in [0.15, 0.2) is 103 Å². The first-order valence-corrected chi connectivity index (χ1v) is 8.98. The Morgan fingerprint density at radius 3 is 1.74 bits per heavy atom. The van der Waals surface area contributed by atoms with Crippen molar-refractivity contribution in [3.63, 3.8) is 0 Å². The number of rotatable bonds is 4. The molecule has 0 N–H and O–H groups in total. The van der Waals surface area contributed by atoms with Crippen molar-refractivity contribution in [1.82, 2.24) is 0 Å². The van der Waals surface area contributed by atoms with Gasteiger partial charge >= 0.3 is 0 Å². The van der Waals surface area contributed by atoms with Crippen LogP contribution in [0.1, 0.15) is 22.3 Å². The van der Waals surface area contributed by atoms with Gasteiger partial charge in [-0.2, -0.15) is 0 Å². The molecule has 2 heteroatoms. The molecule has 0 unspecified atom stereocenters. The molecule has 6 rings (SSSR count). The van der Waals surface area contributed by atoms with Crippen molar-refractivity contribution in [3.8, 4) is 11.5 Å². The molecule has 0 heterocycles. The molecule has 4 aromatic rings. The molecule has 0 saturated carbocycles. The minimum atomic E-state index is -0.327. The van der Waals surface area contributed by atoms with Crippen LogP contribution in [0.2, 0.25) is 0 Å². The van der Waals surface area contributed by atoms with Crippen molar-refractivity contribution in [2.24, 2.45) is 0 Å². The SMILES string of the molecule is Fc1ccc(Oc2ccc3cc2C3(c2ccccc2)c2ccccc2)cc1. The van der Waals surface area contributed by atoms with Crippen LogP contribution in [0.4, 0.5) is 4.39 Å². The number of hydrogen-bond acceptors (Lipinski definition) is 1. The van der Waals surface area contributed by atoms with Crippen molar-refractivity contribution in [1.29, 1.82) is 0 Å². The standard InChI is InChI=1S/C25H17FO/c26-21-12-14-22(15-13-21)27-24-16-11-20-17-23(24)25(20,18-7-3-1-4-8-18)19-9-5-2-6-10-19/h1-17H. The first kappa shape index (κ1) is 15.8. The molecule has 2 bridgehead atoms. The minimum absolute atomic E-state index is 0.270. The van der Waals surface area contributed by atoms with E-state index in [9.17, 15) is 4.39 Å². The summed E-state index contributed by atoms with van der Waals surface area (Å²) in [7, 11) is 0. The van der Waals surface area contributed by atoms with E-state index in [-0.39, 0.29) is 11.2 Å². The zero-order chi connectivity index (χ0) is 18.3. The molecule has 0 radical (unpaired) electrons. The summed E-state index contributed by atoms with van der Waals surface area (Å²) in [6, 6.07) is 33.4. The Labute approximate surface area is 157 Å². The molecule has 0 atom stereocenters. The third kappa shape index (κ3) is 2.37. The highest BCUT2D eigenvalue weighted by Gasteiger charge is 2.47. The number of ether oxygens (including phenoxy) is 1. The number of halogens is 1. The lowest BCUT2D eigenvalue weighted by atomic mass is 9.58. The Balaban J connectivity index is 1.66. The summed E-state index contributed by atoms with van der Waals surface area (Å²) in [6.07, 6.45) is 0. The van der Waals surface area contributed by atoms with E-state index >= 15 is 0 Å². The van der Waals surface area contributed by atoms with Crippen LogP contribution in [0.25, 0.3) is 0 Å². The topological polar surface area (TPSA) is 9.23 Å². The van der Waals surface area contributed by atoms with Gasteiger partial charge in [0.25, 0.3) is 0 Å². The van der Waals surface area contributed by atoms with Crippen LogP contribution < -0.4 is 4.74 Å². The molecule has 4 aromatic carbocycles. The van der Waals surface area contributed by atoms with E-state index in [0.29, 0.717) is 5.75 Å². The number of fused-ring (bicyclic) bond motifs is 2. The summed E-state index contributed by atoms with van der Waals surface area (Å²) < 4.78 is 19.4. The Kier molecular flexibility index (Phi) is 3.58. The fourth-order valence-electron chi connectivity index (χ4n) is 4.04. The molecular formula is C25H17FO. The van der Waals surface area contributed by atoms with Crippen molar-refractivity contribution < 1.29 is 9.13 Å². The predicted molar refractivity (Wildman–Crippen MR) is 105 cm³/mol. The van der Waals surface area contributed by atoms with E-state index < -0.39 is 0 Å². The summed E-state index contributed by atoms with van der Waals surface area (Å²) in [5, 5.41) is 0. The number of hydrogen-bond donors (Lipinski definition) is 0. The van der Waals surface area contributed by atoms with Crippen LogP contribution in [0.5, 0.6) is 11.5 Å². The maximum Gasteiger partial charge on any atom is 0.132 e. The Bertz CT molecular complexity index is 1040. The van der Waals surface area contributed by atoms with Crippen molar-refractivity contribution >= 4 is 0 Å². The summed E-state index contributed by atoms with van der Waals surface area (Å²) >= 11 is 0. The van der Waals surface area contributed by atoms with Gasteiger partial charge in [-0.05, 0) is 53.1 Å². The van der Waals surface area contributed by atoms with Crippen LogP contribution in [-0.2, 0) is 5.41 Å². The van der Waals surface area contributed by atoms with E-state index in [1.807, 2.05) is 18.2 Å². The van der Waals surface area contributed by atoms with Crippen LogP contribution in [0.3, 0.4) is 0 Å². The first-order chi connectivity index (χ1) is 13.3. The Morgan fingerprint density at radius 2 is 1.19 bits per heavy atom. The first-order valence-electron chi connectivity index (χ1n) is 8.98. The van der Waals surface area contributed by atoms with Crippen molar-refractivity contribution in [2.45, 2.75) is 5.41 Å². The van der Waals surface area contributed by atoms with Crippen molar-refractivity contribution in [3.05, 3.63) is 131 Å². The fourth-order valence-corrected chi connectivity index (χ4v) is 4.04. The van der Waals surface area contributed by atoms with E-state index in [1.165, 1.54) is 28.8 Å². The monoisotopic (exact) mass is 352 g/mol. The third-order valence-electron chi connectivity index (χ3n) is 5.27. The van der Waals surface area contributed by atoms with Gasteiger partial charge in [-0.1, -0.05) is 66.7 Å². The van der Waals surface area contributed by atoms with Crippen LogP contribution >= 0.6 is 0 Å². The minimum Gasteiger partial charge on any atom is -0.457 e. The van der Waals surface area contributed by atoms with Gasteiger partial charge < -0.3 is 4.74 Å². The molecule has 0 saturated heterocycles. The highest BCUT2D eigenvalue weighted by atomic mass is 19.1. The van der Waals surface area contributed by atoms with Crippen LogP contribution in [-0.4, -0.2) is 0 Å². The Hall–Kier alpha value is -3.39. The predicted octanol–water partition coefficient (Wildman–Crippen LogP) is 6.31. The average molecular weight is 352 g/mol. The zero-order valence-electron chi connectivity index (χ0n) is 14.6.